The van der Waals surface area contributed by atoms with E-state index in [2.05, 4.69) is 6.92 Å². The molecule has 9 heteroatoms. The highest BCUT2D eigenvalue weighted by molar-refractivity contribution is 7.51. The average Bonchev–Trinajstić information content (AvgIpc) is 2.52. The van der Waals surface area contributed by atoms with Gasteiger partial charge in [0.1, 0.15) is 0 Å². The first-order valence-corrected chi connectivity index (χ1v) is 13.8. The van der Waals surface area contributed by atoms with Gasteiger partial charge in [-0.1, -0.05) is 103 Å². The fourth-order valence-corrected chi connectivity index (χ4v) is 3.50. The van der Waals surface area contributed by atoms with Crippen LogP contribution in [0.15, 0.2) is 0 Å². The summed E-state index contributed by atoms with van der Waals surface area (Å²) in [4.78, 5) is 39.1. The summed E-state index contributed by atoms with van der Waals surface area (Å²) in [6.45, 7) is 2.27. The minimum absolute atomic E-state index is 0.0610. The van der Waals surface area contributed by atoms with Crippen LogP contribution >= 0.6 is 15.4 Å². The van der Waals surface area contributed by atoms with E-state index in [9.17, 15) is 4.57 Å². The van der Waals surface area contributed by atoms with Gasteiger partial charge in [-0.25, -0.2) is 4.57 Å². The van der Waals surface area contributed by atoms with Crippen molar-refractivity contribution in [3.63, 3.8) is 0 Å². The van der Waals surface area contributed by atoms with E-state index in [4.69, 9.17) is 29.0 Å². The van der Waals surface area contributed by atoms with Gasteiger partial charge in [0.15, 0.2) is 0 Å². The minimum Gasteiger partial charge on any atom is -0.324 e. The largest absolute Gasteiger partial charge is 0.466 e. The van der Waals surface area contributed by atoms with Crippen LogP contribution in [0.3, 0.4) is 0 Å². The molecule has 0 aliphatic rings. The molecule has 0 aliphatic carbocycles. The lowest BCUT2D eigenvalue weighted by Gasteiger charge is -2.04. The SMILES string of the molecule is CCCCCCCCCCCCCCCCCCP(=O)(O)O.O=P(O)(O)O. The van der Waals surface area contributed by atoms with E-state index in [1.165, 1.54) is 83.5 Å². The maximum absolute atomic E-state index is 10.7. The predicted octanol–water partition coefficient (Wildman–Crippen LogP) is 5.50. The van der Waals surface area contributed by atoms with E-state index in [0.717, 1.165) is 12.8 Å². The lowest BCUT2D eigenvalue weighted by atomic mass is 10.0. The summed E-state index contributed by atoms with van der Waals surface area (Å²) in [5.74, 6) is 0. The van der Waals surface area contributed by atoms with Gasteiger partial charge >= 0.3 is 15.4 Å². The summed E-state index contributed by atoms with van der Waals surface area (Å²) in [6.07, 6.45) is 20.6. The number of rotatable bonds is 17. The zero-order chi connectivity index (χ0) is 21.0. The Morgan fingerprint density at radius 3 is 0.926 bits per heavy atom. The molecular weight excluding hydrogens is 390 g/mol. The van der Waals surface area contributed by atoms with Crippen molar-refractivity contribution in [1.82, 2.24) is 0 Å². The molecule has 0 saturated heterocycles. The second-order valence-electron chi connectivity index (χ2n) is 7.20. The predicted molar refractivity (Wildman–Crippen MR) is 111 cm³/mol. The van der Waals surface area contributed by atoms with E-state index in [1.54, 1.807) is 0 Å². The monoisotopic (exact) mass is 432 g/mol. The summed E-state index contributed by atoms with van der Waals surface area (Å²) in [6, 6.07) is 0. The van der Waals surface area contributed by atoms with Crippen LogP contribution in [0.5, 0.6) is 0 Å². The third-order valence-electron chi connectivity index (χ3n) is 4.30. The van der Waals surface area contributed by atoms with Crippen LogP contribution in [0.2, 0.25) is 0 Å². The van der Waals surface area contributed by atoms with E-state index < -0.39 is 15.4 Å². The molecule has 0 heterocycles. The Balaban J connectivity index is 0. The van der Waals surface area contributed by atoms with Crippen molar-refractivity contribution in [2.24, 2.45) is 0 Å². The molecule has 5 N–H and O–H groups in total. The van der Waals surface area contributed by atoms with Crippen LogP contribution in [-0.2, 0) is 9.13 Å². The molecule has 0 aromatic rings. The van der Waals surface area contributed by atoms with Crippen molar-refractivity contribution in [2.45, 2.75) is 110 Å². The van der Waals surface area contributed by atoms with Gasteiger partial charge in [0, 0.05) is 6.16 Å². The second-order valence-corrected chi connectivity index (χ2v) is 10.0. The van der Waals surface area contributed by atoms with Gasteiger partial charge in [0.2, 0.25) is 0 Å². The molecule has 0 bridgehead atoms. The fraction of sp³-hybridized carbons (Fsp3) is 1.00. The highest BCUT2D eigenvalue weighted by Gasteiger charge is 2.10. The first-order valence-electron chi connectivity index (χ1n) is 10.4. The lowest BCUT2D eigenvalue weighted by molar-refractivity contribution is 0.275. The number of hydrogen-bond acceptors (Lipinski definition) is 2. The quantitative estimate of drug-likeness (QED) is 0.151. The summed E-state index contributed by atoms with van der Waals surface area (Å²) < 4.78 is 19.6. The van der Waals surface area contributed by atoms with Crippen LogP contribution in [-0.4, -0.2) is 30.6 Å². The highest BCUT2D eigenvalue weighted by atomic mass is 31.2. The minimum atomic E-state index is -4.64. The molecule has 0 amide bonds. The Bertz CT molecular complexity index is 385. The molecule has 0 saturated carbocycles. The van der Waals surface area contributed by atoms with Crippen LogP contribution in [0, 0.1) is 0 Å². The Labute approximate surface area is 165 Å². The normalized spacial score (nSPS) is 11.9. The molecule has 0 aliphatic heterocycles. The van der Waals surface area contributed by atoms with E-state index in [1.807, 2.05) is 0 Å². The zero-order valence-electron chi connectivity index (χ0n) is 17.0. The lowest BCUT2D eigenvalue weighted by Crippen LogP contribution is -1.88. The highest BCUT2D eigenvalue weighted by Crippen LogP contribution is 2.35. The molecule has 0 unspecified atom stereocenters. The molecule has 0 atom stereocenters. The Morgan fingerprint density at radius 2 is 0.704 bits per heavy atom. The molecule has 0 radical (unpaired) electrons. The van der Waals surface area contributed by atoms with Crippen LogP contribution < -0.4 is 0 Å². The third kappa shape index (κ3) is 41.7. The van der Waals surface area contributed by atoms with Crippen LogP contribution in [0.1, 0.15) is 110 Å². The topological polar surface area (TPSA) is 135 Å². The van der Waals surface area contributed by atoms with E-state index in [-0.39, 0.29) is 6.16 Å². The number of hydrogen-bond donors (Lipinski definition) is 5. The Kier molecular flexibility index (Phi) is 21.4. The molecule has 7 nitrogen and oxygen atoms in total. The third-order valence-corrected chi connectivity index (χ3v) is 5.20. The van der Waals surface area contributed by atoms with Gasteiger partial charge in [0.05, 0.1) is 0 Å². The van der Waals surface area contributed by atoms with Gasteiger partial charge in [0.25, 0.3) is 0 Å². The van der Waals surface area contributed by atoms with Gasteiger partial charge in [-0.05, 0) is 6.42 Å². The van der Waals surface area contributed by atoms with Crippen molar-refractivity contribution >= 4 is 15.4 Å². The van der Waals surface area contributed by atoms with E-state index in [0.29, 0.717) is 6.42 Å². The molecule has 0 rings (SSSR count). The first kappa shape index (κ1) is 29.5. The van der Waals surface area contributed by atoms with Crippen molar-refractivity contribution in [1.29, 1.82) is 0 Å². The van der Waals surface area contributed by atoms with Crippen molar-refractivity contribution < 1.29 is 33.6 Å². The summed E-state index contributed by atoms with van der Waals surface area (Å²) in [5.41, 5.74) is 0. The zero-order valence-corrected chi connectivity index (χ0v) is 18.8. The van der Waals surface area contributed by atoms with Gasteiger partial charge in [-0.15, -0.1) is 0 Å². The number of phosphoric acid groups is 1. The maximum Gasteiger partial charge on any atom is 0.466 e. The van der Waals surface area contributed by atoms with E-state index >= 15 is 0 Å². The van der Waals surface area contributed by atoms with Crippen molar-refractivity contribution in [3.8, 4) is 0 Å². The Hall–Kier alpha value is 0.260. The molecule has 0 spiro atoms. The van der Waals surface area contributed by atoms with Crippen molar-refractivity contribution in [3.05, 3.63) is 0 Å². The maximum atomic E-state index is 10.7. The average molecular weight is 432 g/mol. The van der Waals surface area contributed by atoms with Gasteiger partial charge < -0.3 is 24.5 Å². The summed E-state index contributed by atoms with van der Waals surface area (Å²) >= 11 is 0. The van der Waals surface area contributed by atoms with Crippen LogP contribution in [0.25, 0.3) is 0 Å². The molecule has 0 aromatic heterocycles. The van der Waals surface area contributed by atoms with Gasteiger partial charge in [-0.2, -0.15) is 0 Å². The molecule has 0 aromatic carbocycles. The molecule has 166 valence electrons. The smallest absolute Gasteiger partial charge is 0.324 e. The Morgan fingerprint density at radius 1 is 0.481 bits per heavy atom. The molecule has 0 fully saturated rings. The first-order chi connectivity index (χ1) is 12.6. The standard InChI is InChI=1S/C18H39O3P.H3O4P/c1-2-3-4-5-6-7-8-9-10-11-12-13-14-15-16-17-18-22(19,20)21;1-5(2,3)4/h2-18H2,1H3,(H2,19,20,21);(H3,1,2,3,4). The second kappa shape index (κ2) is 19.6. The number of unbranched alkanes of at least 4 members (excludes halogenated alkanes) is 15. The molecule has 27 heavy (non-hydrogen) atoms. The van der Waals surface area contributed by atoms with Gasteiger partial charge in [-0.3, -0.25) is 4.57 Å². The van der Waals surface area contributed by atoms with Crippen molar-refractivity contribution in [2.75, 3.05) is 6.16 Å². The summed E-state index contributed by atoms with van der Waals surface area (Å²) in [7, 11) is -8.39. The van der Waals surface area contributed by atoms with Crippen LogP contribution in [0.4, 0.5) is 0 Å². The summed E-state index contributed by atoms with van der Waals surface area (Å²) in [5, 5.41) is 0. The fourth-order valence-electron chi connectivity index (χ4n) is 2.87. The molecular formula is C18H42O7P2.